The van der Waals surface area contributed by atoms with E-state index < -0.39 is 0 Å². The Morgan fingerprint density at radius 1 is 1.28 bits per heavy atom. The van der Waals surface area contributed by atoms with Gasteiger partial charge in [0.2, 0.25) is 0 Å². The van der Waals surface area contributed by atoms with Gasteiger partial charge < -0.3 is 0 Å². The number of rotatable bonds is 1. The van der Waals surface area contributed by atoms with Crippen molar-refractivity contribution in [2.75, 3.05) is 0 Å². The number of imidazole rings is 1. The molecular weight excluding hydrogens is 314 g/mol. The Hall–Kier alpha value is -1.39. The van der Waals surface area contributed by atoms with Crippen molar-refractivity contribution < 1.29 is 0 Å². The number of benzene rings is 1. The summed E-state index contributed by atoms with van der Waals surface area (Å²) in [6, 6.07) is 9.77. The molecule has 0 spiro atoms. The first-order valence-electron chi connectivity index (χ1n) is 5.42. The van der Waals surface area contributed by atoms with Crippen LogP contribution in [-0.2, 0) is 0 Å². The highest BCUT2D eigenvalue weighted by atomic mass is 79.9. The molecule has 0 N–H and O–H groups in total. The summed E-state index contributed by atoms with van der Waals surface area (Å²) < 4.78 is 2.82. The van der Waals surface area contributed by atoms with Gasteiger partial charge in [-0.05, 0) is 41.1 Å². The molecule has 5 heteroatoms. The molecule has 90 valence electrons. The summed E-state index contributed by atoms with van der Waals surface area (Å²) in [7, 11) is 0. The first kappa shape index (κ1) is 11.7. The summed E-state index contributed by atoms with van der Waals surface area (Å²) >= 11 is 9.61. The maximum Gasteiger partial charge on any atom is 0.157 e. The van der Waals surface area contributed by atoms with Gasteiger partial charge in [-0.1, -0.05) is 23.7 Å². The van der Waals surface area contributed by atoms with Crippen LogP contribution in [-0.4, -0.2) is 14.5 Å². The molecule has 3 rings (SSSR count). The van der Waals surface area contributed by atoms with Crippen molar-refractivity contribution in [3.8, 4) is 5.82 Å². The van der Waals surface area contributed by atoms with E-state index in [0.29, 0.717) is 10.8 Å². The Morgan fingerprint density at radius 3 is 2.83 bits per heavy atom. The smallest absolute Gasteiger partial charge is 0.157 e. The normalized spacial score (nSPS) is 11.1. The lowest BCUT2D eigenvalue weighted by Crippen LogP contribution is -2.00. The highest BCUT2D eigenvalue weighted by molar-refractivity contribution is 9.10. The molecule has 2 aromatic heterocycles. The molecule has 0 aliphatic rings. The first-order valence-corrected chi connectivity index (χ1v) is 6.59. The molecule has 0 aliphatic carbocycles. The maximum atomic E-state index is 6.25. The number of hydrogen-bond donors (Lipinski definition) is 0. The lowest BCUT2D eigenvalue weighted by Gasteiger charge is -2.07. The van der Waals surface area contributed by atoms with Gasteiger partial charge in [-0.25, -0.2) is 9.97 Å². The van der Waals surface area contributed by atoms with Crippen molar-refractivity contribution in [2.45, 2.75) is 6.92 Å². The van der Waals surface area contributed by atoms with Gasteiger partial charge in [0, 0.05) is 10.7 Å². The molecule has 0 amide bonds. The summed E-state index contributed by atoms with van der Waals surface area (Å²) in [4.78, 5) is 8.88. The fourth-order valence-electron chi connectivity index (χ4n) is 1.99. The zero-order valence-electron chi connectivity index (χ0n) is 9.56. The van der Waals surface area contributed by atoms with Crippen LogP contribution < -0.4 is 0 Å². The first-order chi connectivity index (χ1) is 8.66. The second kappa shape index (κ2) is 4.37. The minimum atomic E-state index is 0.593. The van der Waals surface area contributed by atoms with E-state index in [1.807, 2.05) is 41.8 Å². The van der Waals surface area contributed by atoms with Crippen molar-refractivity contribution in [3.63, 3.8) is 0 Å². The second-order valence-electron chi connectivity index (χ2n) is 3.94. The molecule has 1 aromatic carbocycles. The van der Waals surface area contributed by atoms with Crippen molar-refractivity contribution >= 4 is 38.6 Å². The molecule has 2 heterocycles. The Morgan fingerprint density at radius 2 is 2.06 bits per heavy atom. The number of hydrogen-bond acceptors (Lipinski definition) is 2. The highest BCUT2D eigenvalue weighted by Crippen LogP contribution is 2.26. The molecule has 0 atom stereocenters. The molecule has 18 heavy (non-hydrogen) atoms. The SMILES string of the molecule is Cc1nc2ccccc2n1-c1ncc(Br)cc1Cl. The van der Waals surface area contributed by atoms with Crippen LogP contribution in [0.2, 0.25) is 5.02 Å². The predicted molar refractivity (Wildman–Crippen MR) is 76.3 cm³/mol. The molecule has 0 saturated carbocycles. The summed E-state index contributed by atoms with van der Waals surface area (Å²) in [5, 5.41) is 0.593. The number of nitrogens with zero attached hydrogens (tertiary/aromatic N) is 3. The molecule has 0 bridgehead atoms. The van der Waals surface area contributed by atoms with Gasteiger partial charge in [-0.2, -0.15) is 0 Å². The number of para-hydroxylation sites is 2. The Kier molecular flexibility index (Phi) is 2.84. The van der Waals surface area contributed by atoms with Crippen LogP contribution in [0, 0.1) is 6.92 Å². The zero-order valence-corrected chi connectivity index (χ0v) is 11.9. The standard InChI is InChI=1S/C13H9BrClN3/c1-8-17-11-4-2-3-5-12(11)18(8)13-10(15)6-9(14)7-16-13/h2-7H,1H3. The van der Waals surface area contributed by atoms with E-state index in [2.05, 4.69) is 25.9 Å². The van der Waals surface area contributed by atoms with Gasteiger partial charge in [-0.3, -0.25) is 4.57 Å². The largest absolute Gasteiger partial charge is 0.279 e. The van der Waals surface area contributed by atoms with Gasteiger partial charge in [0.1, 0.15) is 5.82 Å². The Balaban J connectivity index is 2.34. The van der Waals surface area contributed by atoms with Crippen LogP contribution in [0.5, 0.6) is 0 Å². The third-order valence-electron chi connectivity index (χ3n) is 2.73. The predicted octanol–water partition coefficient (Wildman–Crippen LogP) is 4.14. The van der Waals surface area contributed by atoms with Gasteiger partial charge in [0.25, 0.3) is 0 Å². The Labute approximate surface area is 118 Å². The fraction of sp³-hybridized carbons (Fsp3) is 0.0769. The van der Waals surface area contributed by atoms with Gasteiger partial charge in [0.05, 0.1) is 16.1 Å². The number of aromatic nitrogens is 3. The van der Waals surface area contributed by atoms with Crippen molar-refractivity contribution in [1.82, 2.24) is 14.5 Å². The summed E-state index contributed by atoms with van der Waals surface area (Å²) in [5.74, 6) is 1.57. The van der Waals surface area contributed by atoms with E-state index in [1.54, 1.807) is 6.20 Å². The topological polar surface area (TPSA) is 30.7 Å². The van der Waals surface area contributed by atoms with E-state index in [0.717, 1.165) is 21.3 Å². The lowest BCUT2D eigenvalue weighted by molar-refractivity contribution is 0.955. The lowest BCUT2D eigenvalue weighted by atomic mass is 10.3. The minimum Gasteiger partial charge on any atom is -0.279 e. The molecule has 3 nitrogen and oxygen atoms in total. The number of pyridine rings is 1. The average molecular weight is 323 g/mol. The van der Waals surface area contributed by atoms with E-state index in [4.69, 9.17) is 11.6 Å². The zero-order chi connectivity index (χ0) is 12.7. The average Bonchev–Trinajstić information content (AvgIpc) is 2.66. The number of aryl methyl sites for hydroxylation is 1. The molecular formula is C13H9BrClN3. The third kappa shape index (κ3) is 1.82. The maximum absolute atomic E-state index is 6.25. The molecule has 0 radical (unpaired) electrons. The van der Waals surface area contributed by atoms with Crippen LogP contribution in [0.4, 0.5) is 0 Å². The molecule has 0 saturated heterocycles. The molecule has 0 aliphatic heterocycles. The molecule has 0 fully saturated rings. The second-order valence-corrected chi connectivity index (χ2v) is 5.26. The van der Waals surface area contributed by atoms with E-state index in [-0.39, 0.29) is 0 Å². The third-order valence-corrected chi connectivity index (χ3v) is 3.44. The monoisotopic (exact) mass is 321 g/mol. The van der Waals surface area contributed by atoms with E-state index in [1.165, 1.54) is 0 Å². The highest BCUT2D eigenvalue weighted by Gasteiger charge is 2.12. The summed E-state index contributed by atoms with van der Waals surface area (Å²) in [5.41, 5.74) is 1.95. The van der Waals surface area contributed by atoms with Gasteiger partial charge >= 0.3 is 0 Å². The van der Waals surface area contributed by atoms with Crippen LogP contribution >= 0.6 is 27.5 Å². The number of halogens is 2. The number of fused-ring (bicyclic) bond motifs is 1. The van der Waals surface area contributed by atoms with Gasteiger partial charge in [0.15, 0.2) is 5.82 Å². The van der Waals surface area contributed by atoms with Crippen LogP contribution in [0.1, 0.15) is 5.82 Å². The van der Waals surface area contributed by atoms with Crippen LogP contribution in [0.3, 0.4) is 0 Å². The summed E-state index contributed by atoms with van der Waals surface area (Å²) in [6.07, 6.45) is 1.73. The van der Waals surface area contributed by atoms with E-state index in [9.17, 15) is 0 Å². The van der Waals surface area contributed by atoms with Crippen LogP contribution in [0.25, 0.3) is 16.9 Å². The van der Waals surface area contributed by atoms with Gasteiger partial charge in [-0.15, -0.1) is 0 Å². The van der Waals surface area contributed by atoms with Crippen molar-refractivity contribution in [3.05, 3.63) is 51.8 Å². The fourth-order valence-corrected chi connectivity index (χ4v) is 2.70. The minimum absolute atomic E-state index is 0.593. The van der Waals surface area contributed by atoms with E-state index >= 15 is 0 Å². The van der Waals surface area contributed by atoms with Crippen LogP contribution in [0.15, 0.2) is 41.0 Å². The molecule has 3 aromatic rings. The quantitative estimate of drug-likeness (QED) is 0.674. The molecule has 0 unspecified atom stereocenters. The Bertz CT molecular complexity index is 736. The summed E-state index contributed by atoms with van der Waals surface area (Å²) in [6.45, 7) is 1.94. The van der Waals surface area contributed by atoms with Crippen molar-refractivity contribution in [1.29, 1.82) is 0 Å². The van der Waals surface area contributed by atoms with Crippen molar-refractivity contribution in [2.24, 2.45) is 0 Å².